The van der Waals surface area contributed by atoms with Crippen molar-refractivity contribution in [1.82, 2.24) is 4.57 Å². The molecular formula is C11H11NO3. The summed E-state index contributed by atoms with van der Waals surface area (Å²) in [5.74, 6) is -0.175. The van der Waals surface area contributed by atoms with Gasteiger partial charge in [0, 0.05) is 5.69 Å². The van der Waals surface area contributed by atoms with E-state index in [1.807, 2.05) is 25.1 Å². The van der Waals surface area contributed by atoms with Gasteiger partial charge in [0.2, 0.25) is 0 Å². The van der Waals surface area contributed by atoms with Crippen LogP contribution in [0, 0.1) is 6.92 Å². The molecule has 2 aromatic rings. The van der Waals surface area contributed by atoms with E-state index in [9.17, 15) is 4.79 Å². The number of carbonyl (C=O) groups is 1. The molecule has 0 amide bonds. The Labute approximate surface area is 86.8 Å². The predicted molar refractivity (Wildman–Crippen MR) is 54.5 cm³/mol. The molecule has 0 bridgehead atoms. The Morgan fingerprint density at radius 3 is 2.87 bits per heavy atom. The van der Waals surface area contributed by atoms with Gasteiger partial charge in [-0.25, -0.2) is 0 Å². The van der Waals surface area contributed by atoms with Crippen LogP contribution in [0.2, 0.25) is 0 Å². The number of nitrogens with zero attached hydrogens (tertiary/aromatic N) is 1. The molecule has 0 fully saturated rings. The van der Waals surface area contributed by atoms with Gasteiger partial charge in [-0.1, -0.05) is 0 Å². The summed E-state index contributed by atoms with van der Waals surface area (Å²) >= 11 is 0. The summed E-state index contributed by atoms with van der Waals surface area (Å²) in [7, 11) is 0. The zero-order valence-corrected chi connectivity index (χ0v) is 8.30. The first-order valence-electron chi connectivity index (χ1n) is 4.60. The number of rotatable bonds is 3. The van der Waals surface area contributed by atoms with E-state index in [2.05, 4.69) is 0 Å². The molecule has 78 valence electrons. The van der Waals surface area contributed by atoms with Gasteiger partial charge < -0.3 is 14.1 Å². The van der Waals surface area contributed by atoms with Crippen molar-refractivity contribution in [3.8, 4) is 11.5 Å². The third-order valence-electron chi connectivity index (χ3n) is 2.27. The summed E-state index contributed by atoms with van der Waals surface area (Å²) in [6.07, 6.45) is 1.57. The van der Waals surface area contributed by atoms with Crippen LogP contribution in [0.15, 0.2) is 34.9 Å². The normalized spacial score (nSPS) is 10.5. The third kappa shape index (κ3) is 1.79. The van der Waals surface area contributed by atoms with Gasteiger partial charge >= 0.3 is 5.97 Å². The van der Waals surface area contributed by atoms with E-state index in [4.69, 9.17) is 9.52 Å². The topological polar surface area (TPSA) is 55.4 Å². The average molecular weight is 205 g/mol. The van der Waals surface area contributed by atoms with Crippen LogP contribution in [0.3, 0.4) is 0 Å². The van der Waals surface area contributed by atoms with Crippen molar-refractivity contribution in [2.24, 2.45) is 0 Å². The second kappa shape index (κ2) is 3.65. The zero-order chi connectivity index (χ0) is 10.8. The molecule has 4 heteroatoms. The highest BCUT2D eigenvalue weighted by atomic mass is 16.4. The van der Waals surface area contributed by atoms with Crippen LogP contribution in [0.5, 0.6) is 0 Å². The lowest BCUT2D eigenvalue weighted by Crippen LogP contribution is -2.10. The molecule has 0 atom stereocenters. The fourth-order valence-electron chi connectivity index (χ4n) is 1.55. The molecule has 2 rings (SSSR count). The van der Waals surface area contributed by atoms with Crippen molar-refractivity contribution in [1.29, 1.82) is 0 Å². The van der Waals surface area contributed by atoms with Gasteiger partial charge in [0.1, 0.15) is 12.3 Å². The van der Waals surface area contributed by atoms with Gasteiger partial charge in [0.25, 0.3) is 0 Å². The molecule has 1 N–H and O–H groups in total. The molecule has 0 saturated heterocycles. The summed E-state index contributed by atoms with van der Waals surface area (Å²) in [4.78, 5) is 10.7. The fraction of sp³-hybridized carbons (Fsp3) is 0.182. The van der Waals surface area contributed by atoms with Crippen LogP contribution in [0.1, 0.15) is 5.69 Å². The van der Waals surface area contributed by atoms with E-state index in [0.29, 0.717) is 5.76 Å². The van der Waals surface area contributed by atoms with Crippen LogP contribution in [0.4, 0.5) is 0 Å². The van der Waals surface area contributed by atoms with Crippen molar-refractivity contribution in [2.75, 3.05) is 0 Å². The molecule has 2 heterocycles. The highest BCUT2D eigenvalue weighted by Crippen LogP contribution is 2.22. The lowest BCUT2D eigenvalue weighted by Gasteiger charge is -2.06. The van der Waals surface area contributed by atoms with E-state index < -0.39 is 5.97 Å². The van der Waals surface area contributed by atoms with Crippen molar-refractivity contribution in [3.63, 3.8) is 0 Å². The van der Waals surface area contributed by atoms with Crippen molar-refractivity contribution >= 4 is 5.97 Å². The van der Waals surface area contributed by atoms with Gasteiger partial charge in [0.15, 0.2) is 0 Å². The molecule has 2 aromatic heterocycles. The van der Waals surface area contributed by atoms with Gasteiger partial charge in [-0.15, -0.1) is 0 Å². The van der Waals surface area contributed by atoms with Crippen LogP contribution in [0.25, 0.3) is 11.5 Å². The van der Waals surface area contributed by atoms with Crippen molar-refractivity contribution in [2.45, 2.75) is 13.5 Å². The summed E-state index contributed by atoms with van der Waals surface area (Å²) in [6, 6.07) is 7.33. The molecule has 0 aromatic carbocycles. The molecule has 15 heavy (non-hydrogen) atoms. The van der Waals surface area contributed by atoms with E-state index in [0.717, 1.165) is 11.4 Å². The van der Waals surface area contributed by atoms with Crippen LogP contribution >= 0.6 is 0 Å². The maximum absolute atomic E-state index is 10.7. The Hall–Kier alpha value is -1.97. The first-order valence-corrected chi connectivity index (χ1v) is 4.60. The van der Waals surface area contributed by atoms with Crippen LogP contribution in [-0.2, 0) is 11.3 Å². The quantitative estimate of drug-likeness (QED) is 0.835. The van der Waals surface area contributed by atoms with E-state index in [-0.39, 0.29) is 6.54 Å². The lowest BCUT2D eigenvalue weighted by atomic mass is 10.3. The van der Waals surface area contributed by atoms with Crippen molar-refractivity contribution < 1.29 is 14.3 Å². The molecule has 0 radical (unpaired) electrons. The first kappa shape index (κ1) is 9.58. The van der Waals surface area contributed by atoms with Gasteiger partial charge in [-0.05, 0) is 31.2 Å². The smallest absolute Gasteiger partial charge is 0.323 e. The molecular weight excluding hydrogens is 194 g/mol. The van der Waals surface area contributed by atoms with Gasteiger partial charge in [-0.3, -0.25) is 4.79 Å². The monoisotopic (exact) mass is 205 g/mol. The molecule has 0 unspecified atom stereocenters. The Balaban J connectivity index is 2.44. The van der Waals surface area contributed by atoms with Gasteiger partial charge in [0.05, 0.1) is 12.0 Å². The summed E-state index contributed by atoms with van der Waals surface area (Å²) in [5.41, 5.74) is 1.70. The Kier molecular flexibility index (Phi) is 2.33. The number of carboxylic acid groups (broad SMARTS) is 1. The van der Waals surface area contributed by atoms with E-state index in [1.165, 1.54) is 0 Å². The van der Waals surface area contributed by atoms with E-state index in [1.54, 1.807) is 16.9 Å². The molecule has 4 nitrogen and oxygen atoms in total. The number of aromatic nitrogens is 1. The van der Waals surface area contributed by atoms with Crippen LogP contribution in [-0.4, -0.2) is 15.6 Å². The molecule has 0 saturated carbocycles. The number of aliphatic carboxylic acids is 1. The Morgan fingerprint density at radius 2 is 2.27 bits per heavy atom. The standard InChI is InChI=1S/C11H11NO3/c1-8-4-5-9(10-3-2-6-15-10)12(8)7-11(13)14/h2-6H,7H2,1H3,(H,13,14). The largest absolute Gasteiger partial charge is 0.480 e. The highest BCUT2D eigenvalue weighted by molar-refractivity contribution is 5.68. The maximum atomic E-state index is 10.7. The number of furan rings is 1. The maximum Gasteiger partial charge on any atom is 0.323 e. The minimum atomic E-state index is -0.859. The Morgan fingerprint density at radius 1 is 1.47 bits per heavy atom. The van der Waals surface area contributed by atoms with Gasteiger partial charge in [-0.2, -0.15) is 0 Å². The number of hydrogen-bond acceptors (Lipinski definition) is 2. The summed E-state index contributed by atoms with van der Waals surface area (Å²) in [5, 5.41) is 8.78. The first-order chi connectivity index (χ1) is 7.18. The highest BCUT2D eigenvalue weighted by Gasteiger charge is 2.11. The minimum Gasteiger partial charge on any atom is -0.480 e. The lowest BCUT2D eigenvalue weighted by molar-refractivity contribution is -0.137. The average Bonchev–Trinajstić information content (AvgIpc) is 2.76. The van der Waals surface area contributed by atoms with Crippen LogP contribution < -0.4 is 0 Å². The second-order valence-electron chi connectivity index (χ2n) is 3.32. The second-order valence-corrected chi connectivity index (χ2v) is 3.32. The minimum absolute atomic E-state index is 0.0468. The van der Waals surface area contributed by atoms with E-state index >= 15 is 0 Å². The summed E-state index contributed by atoms with van der Waals surface area (Å²) < 4.78 is 6.95. The number of carboxylic acids is 1. The third-order valence-corrected chi connectivity index (χ3v) is 2.27. The number of aryl methyl sites for hydroxylation is 1. The Bertz CT molecular complexity index is 468. The zero-order valence-electron chi connectivity index (χ0n) is 8.30. The molecule has 0 aliphatic carbocycles. The number of hydrogen-bond donors (Lipinski definition) is 1. The van der Waals surface area contributed by atoms with Crippen molar-refractivity contribution in [3.05, 3.63) is 36.2 Å². The SMILES string of the molecule is Cc1ccc(-c2ccco2)n1CC(=O)O. The predicted octanol–water partition coefficient (Wildman–Crippen LogP) is 2.14. The summed E-state index contributed by atoms with van der Waals surface area (Å²) in [6.45, 7) is 1.82. The molecule has 0 aliphatic heterocycles. The molecule has 0 aliphatic rings. The fourth-order valence-corrected chi connectivity index (χ4v) is 1.55. The molecule has 0 spiro atoms.